The lowest BCUT2D eigenvalue weighted by Crippen LogP contribution is -2.57. The monoisotopic (exact) mass is 446 g/mol. The van der Waals surface area contributed by atoms with Crippen LogP contribution in [0, 0.1) is 0 Å². The number of nitrogens with one attached hydrogen (secondary N) is 1. The molecule has 0 bridgehead atoms. The summed E-state index contributed by atoms with van der Waals surface area (Å²) in [6, 6.07) is 0. The molecule has 2 saturated heterocycles. The van der Waals surface area contributed by atoms with E-state index >= 15 is 0 Å². The number of nitrogens with zero attached hydrogens (tertiary/aromatic N) is 3. The number of rotatable bonds is 5. The molecule has 2 aliphatic heterocycles. The summed E-state index contributed by atoms with van der Waals surface area (Å²) in [6.07, 6.45) is 4.78. The normalized spacial score (nSPS) is 24.3. The minimum atomic E-state index is -0.810. The SMILES string of the molecule is C=Cn1c(/C(C)=C\C)cnc1C1(NC(=O)[C@@H]2CN(C(=O)OC(C)(C)C)CCO2)CCOC1. The minimum Gasteiger partial charge on any atom is -0.444 e. The first-order valence-corrected chi connectivity index (χ1v) is 10.9. The number of hydrogen-bond acceptors (Lipinski definition) is 6. The van der Waals surface area contributed by atoms with Crippen LogP contribution < -0.4 is 5.32 Å². The highest BCUT2D eigenvalue weighted by molar-refractivity contribution is 5.83. The summed E-state index contributed by atoms with van der Waals surface area (Å²) in [7, 11) is 0. The molecule has 0 aromatic carbocycles. The highest BCUT2D eigenvalue weighted by atomic mass is 16.6. The average molecular weight is 447 g/mol. The van der Waals surface area contributed by atoms with Crippen molar-refractivity contribution in [2.45, 2.75) is 58.3 Å². The van der Waals surface area contributed by atoms with Crippen molar-refractivity contribution < 1.29 is 23.8 Å². The van der Waals surface area contributed by atoms with Crippen molar-refractivity contribution in [1.82, 2.24) is 19.8 Å². The average Bonchev–Trinajstić information content (AvgIpc) is 3.39. The molecule has 2 amide bonds. The fraction of sp³-hybridized carbons (Fsp3) is 0.609. The van der Waals surface area contributed by atoms with E-state index in [4.69, 9.17) is 14.2 Å². The van der Waals surface area contributed by atoms with E-state index in [9.17, 15) is 9.59 Å². The number of carbonyl (C=O) groups is 2. The van der Waals surface area contributed by atoms with E-state index in [1.807, 2.05) is 45.3 Å². The molecule has 3 heterocycles. The van der Waals surface area contributed by atoms with Crippen LogP contribution >= 0.6 is 0 Å². The number of aromatic nitrogens is 2. The highest BCUT2D eigenvalue weighted by Gasteiger charge is 2.44. The van der Waals surface area contributed by atoms with Gasteiger partial charge in [0.1, 0.15) is 17.0 Å². The maximum Gasteiger partial charge on any atom is 0.410 e. The molecule has 0 aliphatic carbocycles. The molecule has 9 heteroatoms. The summed E-state index contributed by atoms with van der Waals surface area (Å²) in [5.74, 6) is 0.348. The summed E-state index contributed by atoms with van der Waals surface area (Å²) < 4.78 is 18.7. The predicted octanol–water partition coefficient (Wildman–Crippen LogP) is 2.77. The van der Waals surface area contributed by atoms with E-state index in [0.29, 0.717) is 32.0 Å². The van der Waals surface area contributed by atoms with E-state index in [0.717, 1.165) is 11.3 Å². The van der Waals surface area contributed by atoms with Crippen LogP contribution in [0.25, 0.3) is 11.8 Å². The summed E-state index contributed by atoms with van der Waals surface area (Å²) in [5, 5.41) is 3.11. The topological polar surface area (TPSA) is 94.9 Å². The molecule has 176 valence electrons. The van der Waals surface area contributed by atoms with E-state index in [1.165, 1.54) is 4.90 Å². The molecule has 2 fully saturated rings. The highest BCUT2D eigenvalue weighted by Crippen LogP contribution is 2.32. The lowest BCUT2D eigenvalue weighted by Gasteiger charge is -2.35. The van der Waals surface area contributed by atoms with Gasteiger partial charge in [-0.3, -0.25) is 4.79 Å². The maximum absolute atomic E-state index is 13.2. The smallest absolute Gasteiger partial charge is 0.410 e. The number of morpholine rings is 1. The predicted molar refractivity (Wildman–Crippen MR) is 121 cm³/mol. The van der Waals surface area contributed by atoms with Gasteiger partial charge in [-0.05, 0) is 40.2 Å². The van der Waals surface area contributed by atoms with Gasteiger partial charge in [-0.1, -0.05) is 12.7 Å². The zero-order chi connectivity index (χ0) is 23.5. The van der Waals surface area contributed by atoms with Crippen LogP contribution in [0.3, 0.4) is 0 Å². The first-order chi connectivity index (χ1) is 15.1. The van der Waals surface area contributed by atoms with Gasteiger partial charge >= 0.3 is 6.09 Å². The lowest BCUT2D eigenvalue weighted by molar-refractivity contribution is -0.140. The first-order valence-electron chi connectivity index (χ1n) is 10.9. The summed E-state index contributed by atoms with van der Waals surface area (Å²) in [4.78, 5) is 31.8. The van der Waals surface area contributed by atoms with E-state index in [2.05, 4.69) is 16.9 Å². The molecule has 2 aliphatic rings. The molecule has 0 radical (unpaired) electrons. The Hall–Kier alpha value is -2.65. The number of carbonyl (C=O) groups excluding carboxylic acids is 2. The standard InChI is InChI=1S/C23H34N4O5/c1-7-16(3)17-13-24-20(27(17)8-2)23(9-11-30-15-23)25-19(28)18-14-26(10-12-31-18)21(29)32-22(4,5)6/h7-8,13,18H,2,9-12,14-15H2,1,3-6H3,(H,25,28)/b16-7-/t18-,23?/m0/s1. The van der Waals surface area contributed by atoms with Crippen LogP contribution in [0.15, 0.2) is 18.9 Å². The molecule has 1 N–H and O–H groups in total. The largest absolute Gasteiger partial charge is 0.444 e. The molecule has 1 aromatic heterocycles. The maximum atomic E-state index is 13.2. The Labute approximate surface area is 189 Å². The van der Waals surface area contributed by atoms with Gasteiger partial charge in [0, 0.05) is 25.8 Å². The van der Waals surface area contributed by atoms with Crippen molar-refractivity contribution in [2.75, 3.05) is 32.9 Å². The van der Waals surface area contributed by atoms with Crippen molar-refractivity contribution in [1.29, 1.82) is 0 Å². The zero-order valence-electron chi connectivity index (χ0n) is 19.6. The van der Waals surface area contributed by atoms with Gasteiger partial charge in [-0.15, -0.1) is 0 Å². The number of imidazole rings is 1. The first kappa shape index (κ1) is 24.0. The molecule has 9 nitrogen and oxygen atoms in total. The van der Waals surface area contributed by atoms with Crippen molar-refractivity contribution >= 4 is 23.8 Å². The van der Waals surface area contributed by atoms with Crippen LogP contribution in [0.1, 0.15) is 52.6 Å². The molecular weight excluding hydrogens is 412 g/mol. The fourth-order valence-electron chi connectivity index (χ4n) is 3.85. The fourth-order valence-corrected chi connectivity index (χ4v) is 3.85. The Morgan fingerprint density at radius 1 is 1.38 bits per heavy atom. The molecule has 3 rings (SSSR count). The van der Waals surface area contributed by atoms with E-state index in [1.54, 1.807) is 12.4 Å². The Kier molecular flexibility index (Phi) is 7.09. The number of amides is 2. The van der Waals surface area contributed by atoms with Crippen LogP contribution in [-0.2, 0) is 24.5 Å². The third-order valence-electron chi connectivity index (χ3n) is 5.64. The van der Waals surface area contributed by atoms with Gasteiger partial charge in [0.2, 0.25) is 0 Å². The molecule has 1 aromatic rings. The Bertz CT molecular complexity index is 893. The van der Waals surface area contributed by atoms with Crippen LogP contribution in [-0.4, -0.2) is 71.1 Å². The van der Waals surface area contributed by atoms with E-state index < -0.39 is 23.3 Å². The third kappa shape index (κ3) is 5.05. The molecule has 2 atom stereocenters. The molecule has 1 unspecified atom stereocenters. The lowest BCUT2D eigenvalue weighted by atomic mass is 9.96. The van der Waals surface area contributed by atoms with Crippen LogP contribution in [0.4, 0.5) is 4.79 Å². The van der Waals surface area contributed by atoms with Crippen molar-refractivity contribution in [3.8, 4) is 0 Å². The van der Waals surface area contributed by atoms with Gasteiger partial charge in [-0.2, -0.15) is 0 Å². The zero-order valence-corrected chi connectivity index (χ0v) is 19.6. The Balaban J connectivity index is 1.80. The van der Waals surface area contributed by atoms with Crippen LogP contribution in [0.5, 0.6) is 0 Å². The van der Waals surface area contributed by atoms with Gasteiger partial charge in [0.05, 0.1) is 31.6 Å². The summed E-state index contributed by atoms with van der Waals surface area (Å²) in [6.45, 7) is 14.9. The molecule has 32 heavy (non-hydrogen) atoms. The van der Waals surface area contributed by atoms with Gasteiger partial charge in [-0.25, -0.2) is 9.78 Å². The molecule has 0 saturated carbocycles. The van der Waals surface area contributed by atoms with E-state index in [-0.39, 0.29) is 19.1 Å². The second-order valence-electron chi connectivity index (χ2n) is 9.15. The number of allylic oxidation sites excluding steroid dienone is 2. The van der Waals surface area contributed by atoms with Crippen molar-refractivity contribution in [3.63, 3.8) is 0 Å². The minimum absolute atomic E-state index is 0.122. The summed E-state index contributed by atoms with van der Waals surface area (Å²) in [5.41, 5.74) is 0.536. The number of hydrogen-bond donors (Lipinski definition) is 1. The van der Waals surface area contributed by atoms with Crippen molar-refractivity contribution in [3.05, 3.63) is 30.4 Å². The Morgan fingerprint density at radius 2 is 2.12 bits per heavy atom. The third-order valence-corrected chi connectivity index (χ3v) is 5.64. The molecular formula is C23H34N4O5. The Morgan fingerprint density at radius 3 is 2.72 bits per heavy atom. The second kappa shape index (κ2) is 9.46. The number of ether oxygens (including phenoxy) is 3. The molecule has 0 spiro atoms. The summed E-state index contributed by atoms with van der Waals surface area (Å²) >= 11 is 0. The second-order valence-corrected chi connectivity index (χ2v) is 9.15. The van der Waals surface area contributed by atoms with Gasteiger partial charge < -0.3 is 29.0 Å². The quantitative estimate of drug-likeness (QED) is 0.747. The van der Waals surface area contributed by atoms with Gasteiger partial charge in [0.25, 0.3) is 5.91 Å². The van der Waals surface area contributed by atoms with Gasteiger partial charge in [0.15, 0.2) is 6.10 Å². The van der Waals surface area contributed by atoms with Crippen molar-refractivity contribution in [2.24, 2.45) is 0 Å². The van der Waals surface area contributed by atoms with Crippen LogP contribution in [0.2, 0.25) is 0 Å².